The first-order valence-corrected chi connectivity index (χ1v) is 7.64. The lowest BCUT2D eigenvalue weighted by molar-refractivity contribution is 0.0347. The van der Waals surface area contributed by atoms with Gasteiger partial charge in [0.05, 0.1) is 12.7 Å². The van der Waals surface area contributed by atoms with E-state index < -0.39 is 0 Å². The minimum Gasteiger partial charge on any atom is -0.375 e. The molecule has 2 aromatic heterocycles. The van der Waals surface area contributed by atoms with Gasteiger partial charge in [0.15, 0.2) is 0 Å². The molecule has 0 N–H and O–H groups in total. The Balaban J connectivity index is 1.61. The molecule has 0 aromatic carbocycles. The second-order valence-corrected chi connectivity index (χ2v) is 5.63. The van der Waals surface area contributed by atoms with Crippen molar-refractivity contribution in [3.05, 3.63) is 41.7 Å². The van der Waals surface area contributed by atoms with E-state index in [-0.39, 0.29) is 6.10 Å². The summed E-state index contributed by atoms with van der Waals surface area (Å²) in [6.45, 7) is 6.39. The molecule has 3 rings (SSSR count). The number of morpholine rings is 1. The Kier molecular flexibility index (Phi) is 4.58. The number of ether oxygens (including phenoxy) is 1. The molecule has 0 bridgehead atoms. The van der Waals surface area contributed by atoms with E-state index in [9.17, 15) is 0 Å². The number of nitrogens with zero attached hydrogens (tertiary/aromatic N) is 5. The molecule has 6 heteroatoms. The molecule has 1 aliphatic heterocycles. The maximum atomic E-state index is 5.87. The number of hydrogen-bond donors (Lipinski definition) is 0. The van der Waals surface area contributed by atoms with Crippen molar-refractivity contribution in [2.75, 3.05) is 24.6 Å². The predicted octanol–water partition coefficient (Wildman–Crippen LogP) is 1.72. The molecule has 1 saturated heterocycles. The number of anilines is 1. The predicted molar refractivity (Wildman–Crippen MR) is 83.8 cm³/mol. The Morgan fingerprint density at radius 2 is 2.09 bits per heavy atom. The smallest absolute Gasteiger partial charge is 0.225 e. The molecule has 1 aliphatic rings. The van der Waals surface area contributed by atoms with Crippen LogP contribution in [0.5, 0.6) is 0 Å². The maximum Gasteiger partial charge on any atom is 0.225 e. The molecule has 0 spiro atoms. The van der Waals surface area contributed by atoms with Crippen LogP contribution in [0.3, 0.4) is 0 Å². The molecular weight excluding hydrogens is 278 g/mol. The fraction of sp³-hybridized carbons (Fsp3) is 0.500. The molecule has 6 nitrogen and oxygen atoms in total. The van der Waals surface area contributed by atoms with E-state index in [1.54, 1.807) is 12.5 Å². The lowest BCUT2D eigenvalue weighted by Crippen LogP contribution is -2.43. The summed E-state index contributed by atoms with van der Waals surface area (Å²) in [7, 11) is 0. The Morgan fingerprint density at radius 1 is 1.27 bits per heavy atom. The number of aryl methyl sites for hydroxylation is 3. The average molecular weight is 299 g/mol. The molecule has 0 unspecified atom stereocenters. The van der Waals surface area contributed by atoms with Crippen molar-refractivity contribution in [3.63, 3.8) is 0 Å². The van der Waals surface area contributed by atoms with Crippen LogP contribution in [0.4, 0.5) is 5.95 Å². The topological polar surface area (TPSA) is 64.0 Å². The molecule has 116 valence electrons. The Hall–Kier alpha value is -2.08. The van der Waals surface area contributed by atoms with Crippen LogP contribution in [0.2, 0.25) is 0 Å². The second kappa shape index (κ2) is 6.79. The van der Waals surface area contributed by atoms with Crippen molar-refractivity contribution in [2.24, 2.45) is 0 Å². The first-order chi connectivity index (χ1) is 10.7. The summed E-state index contributed by atoms with van der Waals surface area (Å²) in [5.74, 6) is 0.813. The Bertz CT molecular complexity index is 599. The third-order valence-corrected chi connectivity index (χ3v) is 3.76. The highest BCUT2D eigenvalue weighted by Crippen LogP contribution is 2.17. The van der Waals surface area contributed by atoms with E-state index in [1.165, 1.54) is 0 Å². The van der Waals surface area contributed by atoms with E-state index in [0.717, 1.165) is 49.0 Å². The summed E-state index contributed by atoms with van der Waals surface area (Å²) >= 11 is 0. The van der Waals surface area contributed by atoms with Gasteiger partial charge in [-0.15, -0.1) is 0 Å². The van der Waals surface area contributed by atoms with Gasteiger partial charge in [-0.05, 0) is 38.8 Å². The van der Waals surface area contributed by atoms with Crippen LogP contribution in [0.25, 0.3) is 0 Å². The van der Waals surface area contributed by atoms with Gasteiger partial charge in [-0.25, -0.2) is 19.9 Å². The summed E-state index contributed by atoms with van der Waals surface area (Å²) in [5.41, 5.74) is 3.07. The third kappa shape index (κ3) is 3.76. The summed E-state index contributed by atoms with van der Waals surface area (Å²) in [4.78, 5) is 19.5. The lowest BCUT2D eigenvalue weighted by Gasteiger charge is -2.33. The number of rotatable bonds is 4. The van der Waals surface area contributed by atoms with Crippen LogP contribution < -0.4 is 4.90 Å². The van der Waals surface area contributed by atoms with Gasteiger partial charge >= 0.3 is 0 Å². The highest BCUT2D eigenvalue weighted by Gasteiger charge is 2.22. The largest absolute Gasteiger partial charge is 0.375 e. The monoisotopic (exact) mass is 299 g/mol. The first kappa shape index (κ1) is 14.8. The van der Waals surface area contributed by atoms with Gasteiger partial charge in [0.2, 0.25) is 5.95 Å². The summed E-state index contributed by atoms with van der Waals surface area (Å²) in [5, 5.41) is 0. The van der Waals surface area contributed by atoms with Crippen LogP contribution in [-0.2, 0) is 11.2 Å². The molecule has 0 aliphatic carbocycles. The zero-order chi connectivity index (χ0) is 15.4. The van der Waals surface area contributed by atoms with Crippen molar-refractivity contribution in [2.45, 2.75) is 32.8 Å². The van der Waals surface area contributed by atoms with Crippen LogP contribution in [0.1, 0.15) is 23.5 Å². The Labute approximate surface area is 130 Å². The van der Waals surface area contributed by atoms with Crippen LogP contribution >= 0.6 is 0 Å². The summed E-state index contributed by atoms with van der Waals surface area (Å²) in [6, 6.07) is 3.95. The molecule has 2 aromatic rings. The average Bonchev–Trinajstić information content (AvgIpc) is 2.53. The minimum atomic E-state index is 0.188. The molecule has 0 amide bonds. The van der Waals surface area contributed by atoms with Gasteiger partial charge in [0, 0.05) is 36.4 Å². The molecule has 3 heterocycles. The van der Waals surface area contributed by atoms with Gasteiger partial charge in [-0.3, -0.25) is 0 Å². The van der Waals surface area contributed by atoms with Crippen LogP contribution in [0, 0.1) is 13.8 Å². The van der Waals surface area contributed by atoms with Crippen LogP contribution in [-0.4, -0.2) is 45.7 Å². The van der Waals surface area contributed by atoms with E-state index in [0.29, 0.717) is 6.61 Å². The van der Waals surface area contributed by atoms with Gasteiger partial charge in [-0.2, -0.15) is 0 Å². The molecule has 1 fully saturated rings. The highest BCUT2D eigenvalue weighted by atomic mass is 16.5. The number of hydrogen-bond acceptors (Lipinski definition) is 6. The van der Waals surface area contributed by atoms with Crippen molar-refractivity contribution >= 4 is 5.95 Å². The third-order valence-electron chi connectivity index (χ3n) is 3.76. The van der Waals surface area contributed by atoms with Gasteiger partial charge in [0.1, 0.15) is 6.33 Å². The maximum absolute atomic E-state index is 5.87. The summed E-state index contributed by atoms with van der Waals surface area (Å²) < 4.78 is 5.87. The van der Waals surface area contributed by atoms with Crippen LogP contribution in [0.15, 0.2) is 24.7 Å². The molecular formula is C16H21N5O. The zero-order valence-corrected chi connectivity index (χ0v) is 13.1. The van der Waals surface area contributed by atoms with Crippen molar-refractivity contribution in [1.29, 1.82) is 0 Å². The van der Waals surface area contributed by atoms with E-state index in [2.05, 4.69) is 24.8 Å². The lowest BCUT2D eigenvalue weighted by atomic mass is 10.1. The van der Waals surface area contributed by atoms with Gasteiger partial charge in [0.25, 0.3) is 0 Å². The molecule has 1 atom stereocenters. The Morgan fingerprint density at radius 3 is 2.82 bits per heavy atom. The molecule has 0 radical (unpaired) electrons. The van der Waals surface area contributed by atoms with Gasteiger partial charge in [-0.1, -0.05) is 0 Å². The second-order valence-electron chi connectivity index (χ2n) is 5.63. The van der Waals surface area contributed by atoms with E-state index >= 15 is 0 Å². The zero-order valence-electron chi connectivity index (χ0n) is 13.1. The van der Waals surface area contributed by atoms with E-state index in [4.69, 9.17) is 4.74 Å². The normalized spacial score (nSPS) is 18.5. The SMILES string of the molecule is Cc1cc(C)nc(N2CCO[C@H](CCc3ccncn3)C2)n1. The van der Waals surface area contributed by atoms with E-state index in [1.807, 2.05) is 26.0 Å². The standard InChI is InChI=1S/C16H21N5O/c1-12-9-13(2)20-16(19-12)21-7-8-22-15(10-21)4-3-14-5-6-17-11-18-14/h5-6,9,11,15H,3-4,7-8,10H2,1-2H3/t15-/m1/s1. The highest BCUT2D eigenvalue weighted by molar-refractivity contribution is 5.33. The minimum absolute atomic E-state index is 0.188. The summed E-state index contributed by atoms with van der Waals surface area (Å²) in [6.07, 6.45) is 5.40. The molecule has 22 heavy (non-hydrogen) atoms. The van der Waals surface area contributed by atoms with Crippen molar-refractivity contribution < 1.29 is 4.74 Å². The fourth-order valence-electron chi connectivity index (χ4n) is 2.70. The molecule has 0 saturated carbocycles. The quantitative estimate of drug-likeness (QED) is 0.856. The van der Waals surface area contributed by atoms with Gasteiger partial charge < -0.3 is 9.64 Å². The fourth-order valence-corrected chi connectivity index (χ4v) is 2.70. The first-order valence-electron chi connectivity index (χ1n) is 7.64. The van der Waals surface area contributed by atoms with Crippen molar-refractivity contribution in [3.8, 4) is 0 Å². The van der Waals surface area contributed by atoms with Crippen molar-refractivity contribution in [1.82, 2.24) is 19.9 Å². The number of aromatic nitrogens is 4.